The van der Waals surface area contributed by atoms with Crippen LogP contribution in [0.5, 0.6) is 0 Å². The SMILES string of the molecule is Cn1nc(NS(C)(=O)=O)c2c(Cl)ccc(-c3cc4ccccc4nc3C(Cc3cc(F)cc(F)c3)NC(=O)OC(C)(C)C)c21. The number of ether oxygens (including phenoxy) is 1. The summed E-state index contributed by atoms with van der Waals surface area (Å²) in [5.41, 5.74) is 2.08. The minimum atomic E-state index is -3.69. The molecule has 2 N–H and O–H groups in total. The van der Waals surface area contributed by atoms with Crippen molar-refractivity contribution in [2.24, 2.45) is 7.05 Å². The average Bonchev–Trinajstić information content (AvgIpc) is 3.21. The molecule has 1 unspecified atom stereocenters. The number of rotatable bonds is 7. The number of amides is 1. The van der Waals surface area contributed by atoms with E-state index in [0.717, 1.165) is 17.7 Å². The smallest absolute Gasteiger partial charge is 0.408 e. The first-order valence-electron chi connectivity index (χ1n) is 13.6. The molecule has 2 heterocycles. The number of anilines is 1. The van der Waals surface area contributed by atoms with Gasteiger partial charge in [-0.2, -0.15) is 5.10 Å². The second-order valence-electron chi connectivity index (χ2n) is 11.5. The maximum Gasteiger partial charge on any atom is 0.408 e. The summed E-state index contributed by atoms with van der Waals surface area (Å²) < 4.78 is 62.2. The fourth-order valence-electron chi connectivity index (χ4n) is 5.08. The summed E-state index contributed by atoms with van der Waals surface area (Å²) in [6.07, 6.45) is 0.232. The predicted molar refractivity (Wildman–Crippen MR) is 167 cm³/mol. The van der Waals surface area contributed by atoms with Crippen LogP contribution in [0.4, 0.5) is 19.4 Å². The summed E-state index contributed by atoms with van der Waals surface area (Å²) in [4.78, 5) is 18.1. The van der Waals surface area contributed by atoms with Crippen molar-refractivity contribution in [3.63, 3.8) is 0 Å². The number of alkyl carbamates (subject to hydrolysis) is 1. The molecule has 0 bridgehead atoms. The molecule has 5 rings (SSSR count). The van der Waals surface area contributed by atoms with Crippen molar-refractivity contribution < 1.29 is 26.7 Å². The Labute approximate surface area is 258 Å². The molecular formula is C31H30ClF2N5O4S. The van der Waals surface area contributed by atoms with Crippen LogP contribution in [0.1, 0.15) is 38.1 Å². The van der Waals surface area contributed by atoms with Gasteiger partial charge in [0, 0.05) is 29.6 Å². The van der Waals surface area contributed by atoms with E-state index in [1.54, 1.807) is 40.0 Å². The number of hydrogen-bond acceptors (Lipinski definition) is 6. The fraction of sp³-hybridized carbons (Fsp3) is 0.258. The lowest BCUT2D eigenvalue weighted by molar-refractivity contribution is 0.0502. The van der Waals surface area contributed by atoms with Crippen LogP contribution >= 0.6 is 11.6 Å². The lowest BCUT2D eigenvalue weighted by Crippen LogP contribution is -2.36. The Balaban J connectivity index is 1.77. The van der Waals surface area contributed by atoms with Crippen molar-refractivity contribution in [3.05, 3.63) is 88.6 Å². The van der Waals surface area contributed by atoms with E-state index in [-0.39, 0.29) is 22.8 Å². The highest BCUT2D eigenvalue weighted by Gasteiger charge is 2.27. The molecule has 1 atom stereocenters. The Hall–Kier alpha value is -4.29. The lowest BCUT2D eigenvalue weighted by Gasteiger charge is -2.25. The van der Waals surface area contributed by atoms with E-state index >= 15 is 0 Å². The first kappa shape index (κ1) is 31.1. The number of aryl methyl sites for hydroxylation is 1. The summed E-state index contributed by atoms with van der Waals surface area (Å²) in [6, 6.07) is 14.8. The van der Waals surface area contributed by atoms with E-state index in [1.165, 1.54) is 16.8 Å². The quantitative estimate of drug-likeness (QED) is 0.200. The van der Waals surface area contributed by atoms with Crippen LogP contribution < -0.4 is 10.0 Å². The molecule has 0 aliphatic heterocycles. The Bertz CT molecular complexity index is 2010. The molecule has 230 valence electrons. The number of fused-ring (bicyclic) bond motifs is 2. The molecule has 44 heavy (non-hydrogen) atoms. The van der Waals surface area contributed by atoms with Crippen molar-refractivity contribution in [2.75, 3.05) is 11.0 Å². The van der Waals surface area contributed by atoms with E-state index in [4.69, 9.17) is 21.3 Å². The van der Waals surface area contributed by atoms with Crippen molar-refractivity contribution in [1.82, 2.24) is 20.1 Å². The number of nitrogens with zero attached hydrogens (tertiary/aromatic N) is 3. The molecule has 3 aromatic carbocycles. The van der Waals surface area contributed by atoms with Gasteiger partial charge in [0.1, 0.15) is 17.2 Å². The van der Waals surface area contributed by atoms with Gasteiger partial charge < -0.3 is 10.1 Å². The Morgan fingerprint density at radius 3 is 2.39 bits per heavy atom. The van der Waals surface area contributed by atoms with Crippen LogP contribution in [0.25, 0.3) is 32.9 Å². The van der Waals surface area contributed by atoms with Crippen LogP contribution in [-0.2, 0) is 28.2 Å². The fourth-order valence-corrected chi connectivity index (χ4v) is 5.82. The number of para-hydroxylation sites is 1. The molecule has 5 aromatic rings. The zero-order valence-corrected chi connectivity index (χ0v) is 26.1. The summed E-state index contributed by atoms with van der Waals surface area (Å²) in [5.74, 6) is -1.48. The number of aromatic nitrogens is 3. The molecule has 2 aromatic heterocycles. The van der Waals surface area contributed by atoms with E-state index in [1.807, 2.05) is 30.3 Å². The Morgan fingerprint density at radius 2 is 1.73 bits per heavy atom. The molecule has 13 heteroatoms. The van der Waals surface area contributed by atoms with Gasteiger partial charge in [0.15, 0.2) is 5.82 Å². The minimum absolute atomic E-state index is 0.0325. The van der Waals surface area contributed by atoms with Gasteiger partial charge in [0.25, 0.3) is 0 Å². The maximum absolute atomic E-state index is 14.3. The first-order chi connectivity index (χ1) is 20.6. The topological polar surface area (TPSA) is 115 Å². The Morgan fingerprint density at radius 1 is 1.05 bits per heavy atom. The zero-order valence-electron chi connectivity index (χ0n) is 24.6. The van der Waals surface area contributed by atoms with Gasteiger partial charge in [-0.05, 0) is 63.1 Å². The molecule has 0 aliphatic carbocycles. The third-order valence-electron chi connectivity index (χ3n) is 6.65. The lowest BCUT2D eigenvalue weighted by atomic mass is 9.93. The molecule has 9 nitrogen and oxygen atoms in total. The van der Waals surface area contributed by atoms with Crippen LogP contribution in [0.15, 0.2) is 60.7 Å². The highest BCUT2D eigenvalue weighted by molar-refractivity contribution is 7.92. The van der Waals surface area contributed by atoms with Crippen LogP contribution in [-0.4, -0.2) is 41.1 Å². The summed E-state index contributed by atoms with van der Waals surface area (Å²) >= 11 is 6.58. The molecule has 0 radical (unpaired) electrons. The number of carbonyl (C=O) groups excluding carboxylic acids is 1. The second kappa shape index (κ2) is 11.7. The van der Waals surface area contributed by atoms with Gasteiger partial charge in [0.05, 0.1) is 39.4 Å². The third-order valence-corrected chi connectivity index (χ3v) is 7.53. The van der Waals surface area contributed by atoms with E-state index in [0.29, 0.717) is 33.2 Å². The molecule has 0 fully saturated rings. The average molecular weight is 642 g/mol. The number of pyridine rings is 1. The second-order valence-corrected chi connectivity index (χ2v) is 13.6. The first-order valence-corrected chi connectivity index (χ1v) is 15.8. The van der Waals surface area contributed by atoms with Gasteiger partial charge in [-0.25, -0.2) is 27.0 Å². The van der Waals surface area contributed by atoms with Gasteiger partial charge in [0.2, 0.25) is 10.0 Å². The molecule has 0 aliphatic rings. The minimum Gasteiger partial charge on any atom is -0.444 e. The number of benzene rings is 3. The number of carbonyl (C=O) groups is 1. The summed E-state index contributed by atoms with van der Waals surface area (Å²) in [5, 5.41) is 8.64. The van der Waals surface area contributed by atoms with E-state index in [2.05, 4.69) is 15.1 Å². The van der Waals surface area contributed by atoms with Crippen molar-refractivity contribution in [3.8, 4) is 11.1 Å². The van der Waals surface area contributed by atoms with Gasteiger partial charge in [-0.3, -0.25) is 9.40 Å². The summed E-state index contributed by atoms with van der Waals surface area (Å²) in [7, 11) is -2.04. The number of halogens is 3. The van der Waals surface area contributed by atoms with Gasteiger partial charge in [-0.15, -0.1) is 0 Å². The van der Waals surface area contributed by atoms with Gasteiger partial charge >= 0.3 is 6.09 Å². The highest BCUT2D eigenvalue weighted by atomic mass is 35.5. The molecule has 0 saturated carbocycles. The number of sulfonamides is 1. The van der Waals surface area contributed by atoms with Crippen LogP contribution in [0, 0.1) is 11.6 Å². The third kappa shape index (κ3) is 6.92. The molecule has 0 spiro atoms. The Kier molecular flexibility index (Phi) is 8.25. The van der Waals surface area contributed by atoms with E-state index in [9.17, 15) is 22.0 Å². The molecular weight excluding hydrogens is 612 g/mol. The number of hydrogen-bond donors (Lipinski definition) is 2. The van der Waals surface area contributed by atoms with Crippen LogP contribution in [0.2, 0.25) is 5.02 Å². The molecule has 1 amide bonds. The maximum atomic E-state index is 14.3. The van der Waals surface area contributed by atoms with Crippen molar-refractivity contribution in [2.45, 2.75) is 38.8 Å². The van der Waals surface area contributed by atoms with Crippen molar-refractivity contribution >= 4 is 55.3 Å². The standard InChI is InChI=1S/C31H30ClF2N5O4S/c1-31(2,3)43-30(40)36-25(14-17-12-19(33)16-20(34)13-17)27-22(15-18-8-6-7-9-24(18)35-27)21-10-11-23(32)26-28(21)39(4)37-29(26)38-44(5,41)42/h6-13,15-16,25H,14H2,1-5H3,(H,36,40)(H,37,38). The van der Waals surface area contributed by atoms with Crippen LogP contribution in [0.3, 0.4) is 0 Å². The van der Waals surface area contributed by atoms with Crippen molar-refractivity contribution in [1.29, 1.82) is 0 Å². The monoisotopic (exact) mass is 641 g/mol. The summed E-state index contributed by atoms with van der Waals surface area (Å²) in [6.45, 7) is 5.16. The number of nitrogens with one attached hydrogen (secondary N) is 2. The zero-order chi connectivity index (χ0) is 32.0. The highest BCUT2D eigenvalue weighted by Crippen LogP contribution is 2.40. The molecule has 0 saturated heterocycles. The van der Waals surface area contributed by atoms with Gasteiger partial charge in [-0.1, -0.05) is 35.9 Å². The normalized spacial score (nSPS) is 12.8. The largest absolute Gasteiger partial charge is 0.444 e. The predicted octanol–water partition coefficient (Wildman–Crippen LogP) is 6.90. The van der Waals surface area contributed by atoms with E-state index < -0.39 is 39.4 Å².